The molecular formula is C26H42O4. The van der Waals surface area contributed by atoms with Crippen LogP contribution in [0.4, 0.5) is 0 Å². The van der Waals surface area contributed by atoms with Crippen molar-refractivity contribution in [2.24, 2.45) is 46.3 Å². The Morgan fingerprint density at radius 2 is 1.80 bits per heavy atom. The van der Waals surface area contributed by atoms with E-state index in [9.17, 15) is 14.7 Å². The number of methoxy groups -OCH3 is 1. The third kappa shape index (κ3) is 3.55. The van der Waals surface area contributed by atoms with Gasteiger partial charge in [-0.1, -0.05) is 20.8 Å². The molecule has 0 saturated heterocycles. The molecular weight excluding hydrogens is 376 g/mol. The number of fused-ring (bicyclic) bond motifs is 5. The second-order valence-corrected chi connectivity index (χ2v) is 11.7. The molecule has 1 N–H and O–H groups in total. The van der Waals surface area contributed by atoms with Crippen molar-refractivity contribution in [3.05, 3.63) is 0 Å². The van der Waals surface area contributed by atoms with E-state index in [2.05, 4.69) is 20.8 Å². The van der Waals surface area contributed by atoms with Gasteiger partial charge in [-0.3, -0.25) is 9.59 Å². The lowest BCUT2D eigenvalue weighted by molar-refractivity contribution is -0.141. The van der Waals surface area contributed by atoms with E-state index < -0.39 is 0 Å². The molecule has 0 amide bonds. The van der Waals surface area contributed by atoms with Crippen molar-refractivity contribution >= 4 is 11.8 Å². The molecule has 30 heavy (non-hydrogen) atoms. The summed E-state index contributed by atoms with van der Waals surface area (Å²) in [5, 5.41) is 10.3. The Bertz CT molecular complexity index is 674. The topological polar surface area (TPSA) is 63.6 Å². The highest BCUT2D eigenvalue weighted by molar-refractivity contribution is 5.82. The minimum atomic E-state index is -0.288. The lowest BCUT2D eigenvalue weighted by Gasteiger charge is -2.56. The van der Waals surface area contributed by atoms with Gasteiger partial charge in [-0.2, -0.15) is 0 Å². The number of hydrogen-bond donors (Lipinski definition) is 1. The van der Waals surface area contributed by atoms with Crippen molar-refractivity contribution in [2.75, 3.05) is 7.11 Å². The quantitative estimate of drug-likeness (QED) is 0.640. The van der Waals surface area contributed by atoms with E-state index in [1.165, 1.54) is 32.8 Å². The average Bonchev–Trinajstić information content (AvgIpc) is 3.03. The zero-order chi connectivity index (χ0) is 21.7. The van der Waals surface area contributed by atoms with Crippen LogP contribution in [-0.4, -0.2) is 30.1 Å². The summed E-state index contributed by atoms with van der Waals surface area (Å²) < 4.78 is 4.87. The van der Waals surface area contributed by atoms with E-state index in [0.29, 0.717) is 60.1 Å². The standard InChI is InChI=1S/C26H42O4/c1-16(5-10-24(29)30-4)19-7-8-20-18-6-9-23(28)22-15-17(27)11-13-26(22,3)21(18)12-14-25(19,20)2/h16-22,27H,5-15H2,1-4H3/t16-,17-,18-,19-,20+,21+,22+,25-,26-/m1/s1. The first-order valence-electron chi connectivity index (χ1n) is 12.5. The highest BCUT2D eigenvalue weighted by atomic mass is 16.5. The number of Topliss-reactive ketones (excluding diaryl/α,β-unsaturated/α-hetero) is 1. The fourth-order valence-electron chi connectivity index (χ4n) is 8.87. The molecule has 0 radical (unpaired) electrons. The van der Waals surface area contributed by atoms with Crippen LogP contribution in [0.25, 0.3) is 0 Å². The molecule has 4 aliphatic carbocycles. The van der Waals surface area contributed by atoms with Crippen molar-refractivity contribution in [1.29, 1.82) is 0 Å². The van der Waals surface area contributed by atoms with Gasteiger partial charge in [-0.25, -0.2) is 0 Å². The summed E-state index contributed by atoms with van der Waals surface area (Å²) in [6.45, 7) is 7.25. The van der Waals surface area contributed by atoms with Gasteiger partial charge in [-0.05, 0) is 98.2 Å². The van der Waals surface area contributed by atoms with Gasteiger partial charge >= 0.3 is 5.97 Å². The highest BCUT2D eigenvalue weighted by Gasteiger charge is 2.60. The molecule has 0 unspecified atom stereocenters. The fraction of sp³-hybridized carbons (Fsp3) is 0.923. The van der Waals surface area contributed by atoms with Crippen molar-refractivity contribution in [2.45, 2.75) is 97.5 Å². The van der Waals surface area contributed by atoms with Crippen LogP contribution in [0, 0.1) is 46.3 Å². The second kappa shape index (κ2) is 8.22. The van der Waals surface area contributed by atoms with Crippen molar-refractivity contribution in [1.82, 2.24) is 0 Å². The molecule has 4 fully saturated rings. The third-order valence-corrected chi connectivity index (χ3v) is 10.5. The zero-order valence-electron chi connectivity index (χ0n) is 19.5. The summed E-state index contributed by atoms with van der Waals surface area (Å²) in [5.74, 6) is 3.59. The molecule has 4 aliphatic rings. The molecule has 0 aliphatic heterocycles. The summed E-state index contributed by atoms with van der Waals surface area (Å²) >= 11 is 0. The maximum Gasteiger partial charge on any atom is 0.305 e. The molecule has 9 atom stereocenters. The third-order valence-electron chi connectivity index (χ3n) is 10.5. The molecule has 4 nitrogen and oxygen atoms in total. The molecule has 0 aromatic heterocycles. The van der Waals surface area contributed by atoms with E-state index in [1.54, 1.807) is 0 Å². The van der Waals surface area contributed by atoms with E-state index in [0.717, 1.165) is 25.7 Å². The van der Waals surface area contributed by atoms with Gasteiger partial charge in [0.15, 0.2) is 0 Å². The van der Waals surface area contributed by atoms with Gasteiger partial charge in [0.1, 0.15) is 5.78 Å². The van der Waals surface area contributed by atoms with Gasteiger partial charge < -0.3 is 9.84 Å². The Labute approximate surface area is 182 Å². The average molecular weight is 419 g/mol. The van der Waals surface area contributed by atoms with Gasteiger partial charge in [-0.15, -0.1) is 0 Å². The van der Waals surface area contributed by atoms with E-state index in [1.807, 2.05) is 0 Å². The second-order valence-electron chi connectivity index (χ2n) is 11.7. The fourth-order valence-corrected chi connectivity index (χ4v) is 8.87. The van der Waals surface area contributed by atoms with Crippen molar-refractivity contribution in [3.8, 4) is 0 Å². The number of ketones is 1. The highest BCUT2D eigenvalue weighted by Crippen LogP contribution is 2.67. The largest absolute Gasteiger partial charge is 0.469 e. The predicted octanol–water partition coefficient (Wildman–Crippen LogP) is 5.16. The van der Waals surface area contributed by atoms with Crippen LogP contribution in [0.15, 0.2) is 0 Å². The maximum absolute atomic E-state index is 13.1. The Morgan fingerprint density at radius 3 is 2.53 bits per heavy atom. The summed E-state index contributed by atoms with van der Waals surface area (Å²) in [7, 11) is 1.48. The number of rotatable bonds is 4. The molecule has 0 aromatic carbocycles. The van der Waals surface area contributed by atoms with Crippen LogP contribution in [0.2, 0.25) is 0 Å². The van der Waals surface area contributed by atoms with Gasteiger partial charge in [0.05, 0.1) is 13.2 Å². The monoisotopic (exact) mass is 418 g/mol. The SMILES string of the molecule is COC(=O)CC[C@@H](C)[C@H]1CC[C@H]2[C@H]3CCC(=O)[C@@H]4C[C@H](O)CC[C@]4(C)[C@H]3CC[C@]12C. The normalized spacial score (nSPS) is 46.9. The molecule has 4 saturated carbocycles. The maximum atomic E-state index is 13.1. The number of esters is 1. The first-order valence-corrected chi connectivity index (χ1v) is 12.5. The number of ether oxygens (including phenoxy) is 1. The summed E-state index contributed by atoms with van der Waals surface area (Å²) in [4.78, 5) is 24.8. The summed E-state index contributed by atoms with van der Waals surface area (Å²) in [5.41, 5.74) is 0.414. The van der Waals surface area contributed by atoms with Crippen LogP contribution in [0.1, 0.15) is 91.4 Å². The molecule has 4 rings (SSSR count). The predicted molar refractivity (Wildman–Crippen MR) is 117 cm³/mol. The van der Waals surface area contributed by atoms with Gasteiger partial charge in [0, 0.05) is 18.8 Å². The van der Waals surface area contributed by atoms with Gasteiger partial charge in [0.2, 0.25) is 0 Å². The lowest BCUT2D eigenvalue weighted by Crippen LogP contribution is -2.51. The van der Waals surface area contributed by atoms with Crippen LogP contribution in [-0.2, 0) is 14.3 Å². The molecule has 0 spiro atoms. The van der Waals surface area contributed by atoms with Crippen molar-refractivity contribution < 1.29 is 19.4 Å². The minimum absolute atomic E-state index is 0.0665. The van der Waals surface area contributed by atoms with E-state index in [-0.39, 0.29) is 23.4 Å². The Morgan fingerprint density at radius 1 is 1.10 bits per heavy atom. The van der Waals surface area contributed by atoms with E-state index >= 15 is 0 Å². The number of carbonyl (C=O) groups is 2. The molecule has 4 heteroatoms. The van der Waals surface area contributed by atoms with Crippen LogP contribution < -0.4 is 0 Å². The van der Waals surface area contributed by atoms with Crippen LogP contribution >= 0.6 is 0 Å². The number of aliphatic hydroxyl groups excluding tert-OH is 1. The molecule has 170 valence electrons. The smallest absolute Gasteiger partial charge is 0.305 e. The van der Waals surface area contributed by atoms with Crippen LogP contribution in [0.3, 0.4) is 0 Å². The zero-order valence-corrected chi connectivity index (χ0v) is 19.5. The Kier molecular flexibility index (Phi) is 6.11. The first kappa shape index (κ1) is 22.3. The minimum Gasteiger partial charge on any atom is -0.469 e. The Hall–Kier alpha value is -0.900. The van der Waals surface area contributed by atoms with E-state index in [4.69, 9.17) is 4.74 Å². The molecule has 0 aromatic rings. The summed E-state index contributed by atoms with van der Waals surface area (Å²) in [6, 6.07) is 0. The Balaban J connectivity index is 1.55. The number of hydrogen-bond acceptors (Lipinski definition) is 4. The molecule has 0 bridgehead atoms. The number of carbonyl (C=O) groups excluding carboxylic acids is 2. The lowest BCUT2D eigenvalue weighted by atomic mass is 9.48. The van der Waals surface area contributed by atoms with Crippen LogP contribution in [0.5, 0.6) is 0 Å². The summed E-state index contributed by atoms with van der Waals surface area (Å²) in [6.07, 6.45) is 10.5. The van der Waals surface area contributed by atoms with Crippen molar-refractivity contribution in [3.63, 3.8) is 0 Å². The molecule has 0 heterocycles. The van der Waals surface area contributed by atoms with Gasteiger partial charge in [0.25, 0.3) is 0 Å². The number of aliphatic hydroxyl groups is 1. The first-order chi connectivity index (χ1) is 14.2.